The third kappa shape index (κ3) is 4.70. The lowest BCUT2D eigenvalue weighted by Crippen LogP contribution is -2.42. The van der Waals surface area contributed by atoms with Crippen molar-refractivity contribution in [1.82, 2.24) is 10.1 Å². The first-order valence-corrected chi connectivity index (χ1v) is 9.93. The van der Waals surface area contributed by atoms with Crippen LogP contribution in [-0.4, -0.2) is 77.3 Å². The average Bonchev–Trinajstić information content (AvgIpc) is 3.46. The van der Waals surface area contributed by atoms with Crippen LogP contribution in [0.1, 0.15) is 12.0 Å². The van der Waals surface area contributed by atoms with Gasteiger partial charge in [0.05, 0.1) is 13.2 Å². The highest BCUT2D eigenvalue weighted by atomic mass is 16.6. The van der Waals surface area contributed by atoms with E-state index < -0.39 is 30.8 Å². The number of carbonyl (C=O) groups is 2. The fraction of sp³-hybridized carbons (Fsp3) is 0.381. The van der Waals surface area contributed by atoms with Crippen molar-refractivity contribution in [2.75, 3.05) is 37.7 Å². The summed E-state index contributed by atoms with van der Waals surface area (Å²) in [4.78, 5) is 27.3. The Bertz CT molecular complexity index is 942. The summed E-state index contributed by atoms with van der Waals surface area (Å²) in [7, 11) is 0. The quantitative estimate of drug-likeness (QED) is 0.669. The lowest BCUT2D eigenvalue weighted by Gasteiger charge is -2.28. The molecule has 164 valence electrons. The van der Waals surface area contributed by atoms with Crippen molar-refractivity contribution in [2.45, 2.75) is 18.6 Å². The maximum atomic E-state index is 12.2. The molecule has 2 aliphatic rings. The Morgan fingerprint density at radius 2 is 2.10 bits per heavy atom. The second-order valence-electron chi connectivity index (χ2n) is 7.27. The van der Waals surface area contributed by atoms with Gasteiger partial charge >= 0.3 is 6.09 Å². The number of aliphatic hydroxyl groups is 2. The maximum Gasteiger partial charge on any atom is 0.414 e. The molecular formula is C21H23N3O7. The standard InChI is InChI=1S/C21H23N3O7/c25-12-18(26)20(27)23-8-5-15(6-9-23)14-1-3-16(4-2-14)24-11-17(31-21(24)28)13-29-19-7-10-30-22-19/h1-5,7,10,17-18,25-26H,6,8-9,11-13H2/t17-,18+/m1/s1. The van der Waals surface area contributed by atoms with Gasteiger partial charge in [-0.25, -0.2) is 4.79 Å². The Balaban J connectivity index is 1.34. The fourth-order valence-electron chi connectivity index (χ4n) is 3.55. The van der Waals surface area contributed by atoms with Gasteiger partial charge in [0.25, 0.3) is 11.8 Å². The van der Waals surface area contributed by atoms with E-state index in [2.05, 4.69) is 5.16 Å². The van der Waals surface area contributed by atoms with Crippen molar-refractivity contribution >= 4 is 23.3 Å². The summed E-state index contributed by atoms with van der Waals surface area (Å²) in [6.07, 6.45) is 1.75. The van der Waals surface area contributed by atoms with Crippen molar-refractivity contribution < 1.29 is 33.8 Å². The number of ether oxygens (including phenoxy) is 2. The number of hydrogen-bond acceptors (Lipinski definition) is 8. The van der Waals surface area contributed by atoms with Gasteiger partial charge in [-0.3, -0.25) is 9.69 Å². The number of anilines is 1. The van der Waals surface area contributed by atoms with Crippen LogP contribution in [0.4, 0.5) is 10.5 Å². The Morgan fingerprint density at radius 3 is 2.74 bits per heavy atom. The first kappa shape index (κ1) is 20.9. The predicted octanol–water partition coefficient (Wildman–Crippen LogP) is 1.05. The number of rotatable bonds is 7. The van der Waals surface area contributed by atoms with Gasteiger partial charge < -0.3 is 29.1 Å². The molecule has 4 rings (SSSR count). The Labute approximate surface area is 178 Å². The molecule has 2 aromatic rings. The molecule has 1 aromatic heterocycles. The summed E-state index contributed by atoms with van der Waals surface area (Å²) >= 11 is 0. The first-order chi connectivity index (χ1) is 15.0. The zero-order chi connectivity index (χ0) is 21.8. The Kier molecular flexibility index (Phi) is 6.19. The summed E-state index contributed by atoms with van der Waals surface area (Å²) in [5, 5.41) is 22.1. The van der Waals surface area contributed by atoms with Gasteiger partial charge in [-0.1, -0.05) is 18.2 Å². The molecule has 2 atom stereocenters. The van der Waals surface area contributed by atoms with Crippen LogP contribution < -0.4 is 9.64 Å². The van der Waals surface area contributed by atoms with Crippen molar-refractivity contribution in [3.8, 4) is 5.88 Å². The molecule has 10 nitrogen and oxygen atoms in total. The van der Waals surface area contributed by atoms with Crippen molar-refractivity contribution in [3.63, 3.8) is 0 Å². The van der Waals surface area contributed by atoms with Gasteiger partial charge in [-0.15, -0.1) is 0 Å². The van der Waals surface area contributed by atoms with Crippen LogP contribution in [0.3, 0.4) is 0 Å². The van der Waals surface area contributed by atoms with Crippen molar-refractivity contribution in [3.05, 3.63) is 48.2 Å². The van der Waals surface area contributed by atoms with Gasteiger partial charge in [0, 0.05) is 24.8 Å². The van der Waals surface area contributed by atoms with E-state index in [1.54, 1.807) is 11.0 Å². The minimum absolute atomic E-state index is 0.180. The van der Waals surface area contributed by atoms with E-state index in [1.807, 2.05) is 30.3 Å². The van der Waals surface area contributed by atoms with E-state index in [0.717, 1.165) is 16.8 Å². The molecule has 1 fully saturated rings. The second-order valence-corrected chi connectivity index (χ2v) is 7.27. The largest absolute Gasteiger partial charge is 0.471 e. The monoisotopic (exact) mass is 429 g/mol. The molecule has 0 spiro atoms. The molecule has 0 unspecified atom stereocenters. The fourth-order valence-corrected chi connectivity index (χ4v) is 3.55. The number of carbonyl (C=O) groups excluding carboxylic acids is 2. The van der Waals surface area contributed by atoms with E-state index in [1.165, 1.54) is 11.2 Å². The molecule has 0 saturated carbocycles. The molecule has 3 heterocycles. The van der Waals surface area contributed by atoms with Crippen molar-refractivity contribution in [1.29, 1.82) is 0 Å². The number of aliphatic hydroxyl groups excluding tert-OH is 2. The number of hydrogen-bond donors (Lipinski definition) is 2. The number of cyclic esters (lactones) is 1. The molecule has 10 heteroatoms. The molecule has 2 amide bonds. The number of benzene rings is 1. The summed E-state index contributed by atoms with van der Waals surface area (Å²) in [6, 6.07) is 9.13. The van der Waals surface area contributed by atoms with Crippen LogP contribution in [-0.2, 0) is 9.53 Å². The molecule has 0 radical (unpaired) electrons. The van der Waals surface area contributed by atoms with E-state index >= 15 is 0 Å². The lowest BCUT2D eigenvalue weighted by atomic mass is 9.99. The minimum Gasteiger partial charge on any atom is -0.471 e. The normalized spacial score (nSPS) is 19.7. The Hall–Kier alpha value is -3.37. The van der Waals surface area contributed by atoms with E-state index in [9.17, 15) is 14.7 Å². The maximum absolute atomic E-state index is 12.2. The average molecular weight is 429 g/mol. The lowest BCUT2D eigenvalue weighted by molar-refractivity contribution is -0.141. The van der Waals surface area contributed by atoms with E-state index in [4.69, 9.17) is 19.1 Å². The molecule has 1 saturated heterocycles. The molecule has 0 bridgehead atoms. The second kappa shape index (κ2) is 9.19. The van der Waals surface area contributed by atoms with Crippen LogP contribution in [0, 0.1) is 0 Å². The van der Waals surface area contributed by atoms with E-state index in [-0.39, 0.29) is 6.61 Å². The molecule has 2 N–H and O–H groups in total. The van der Waals surface area contributed by atoms with Gasteiger partial charge in [0.1, 0.15) is 12.9 Å². The minimum atomic E-state index is -1.38. The highest BCUT2D eigenvalue weighted by Gasteiger charge is 2.33. The molecule has 2 aliphatic heterocycles. The van der Waals surface area contributed by atoms with Gasteiger partial charge in [-0.05, 0) is 34.8 Å². The Morgan fingerprint density at radius 1 is 1.29 bits per heavy atom. The summed E-state index contributed by atoms with van der Waals surface area (Å²) in [6.45, 7) is 0.802. The van der Waals surface area contributed by atoms with Crippen molar-refractivity contribution in [2.24, 2.45) is 0 Å². The molecular weight excluding hydrogens is 406 g/mol. The van der Waals surface area contributed by atoms with Crippen LogP contribution in [0.15, 0.2) is 47.2 Å². The highest BCUT2D eigenvalue weighted by Crippen LogP contribution is 2.27. The summed E-state index contributed by atoms with van der Waals surface area (Å²) < 4.78 is 15.5. The number of aromatic nitrogens is 1. The third-order valence-electron chi connectivity index (χ3n) is 5.23. The summed E-state index contributed by atoms with van der Waals surface area (Å²) in [5.74, 6) is -0.131. The highest BCUT2D eigenvalue weighted by molar-refractivity contribution is 5.90. The molecule has 1 aromatic carbocycles. The van der Waals surface area contributed by atoms with Crippen LogP contribution in [0.25, 0.3) is 5.57 Å². The zero-order valence-electron chi connectivity index (χ0n) is 16.7. The molecule has 31 heavy (non-hydrogen) atoms. The van der Waals surface area contributed by atoms with Gasteiger partial charge in [0.2, 0.25) is 0 Å². The zero-order valence-corrected chi connectivity index (χ0v) is 16.7. The predicted molar refractivity (Wildman–Crippen MR) is 108 cm³/mol. The first-order valence-electron chi connectivity index (χ1n) is 9.93. The van der Waals surface area contributed by atoms with Gasteiger partial charge in [0.15, 0.2) is 12.2 Å². The third-order valence-corrected chi connectivity index (χ3v) is 5.23. The molecule has 0 aliphatic carbocycles. The topological polar surface area (TPSA) is 126 Å². The van der Waals surface area contributed by atoms with Gasteiger partial charge in [-0.2, -0.15) is 0 Å². The SMILES string of the molecule is O=C([C@@H](O)CO)N1CC=C(c2ccc(N3C[C@H](COc4ccon4)OC3=O)cc2)CC1. The van der Waals surface area contributed by atoms with E-state index in [0.29, 0.717) is 31.9 Å². The van der Waals surface area contributed by atoms with Crippen LogP contribution >= 0.6 is 0 Å². The number of nitrogens with zero attached hydrogens (tertiary/aromatic N) is 3. The van der Waals surface area contributed by atoms with Crippen LogP contribution in [0.2, 0.25) is 0 Å². The van der Waals surface area contributed by atoms with Crippen LogP contribution in [0.5, 0.6) is 5.88 Å². The number of amides is 2. The summed E-state index contributed by atoms with van der Waals surface area (Å²) in [5.41, 5.74) is 2.80. The smallest absolute Gasteiger partial charge is 0.414 e.